The first-order valence-electron chi connectivity index (χ1n) is 6.11. The van der Waals surface area contributed by atoms with Crippen molar-refractivity contribution in [2.45, 2.75) is 19.9 Å². The number of carbonyl (C=O) groups excluding carboxylic acids is 1. The molecule has 1 atom stereocenters. The van der Waals surface area contributed by atoms with Crippen molar-refractivity contribution >= 4 is 52.1 Å². The fraction of sp³-hybridized carbons (Fsp3) is 0.333. The molecule has 1 unspecified atom stereocenters. The second-order valence-electron chi connectivity index (χ2n) is 4.71. The van der Waals surface area contributed by atoms with Gasteiger partial charge in [-0.1, -0.05) is 25.4 Å². The molecule has 1 aromatic heterocycles. The zero-order valence-corrected chi connectivity index (χ0v) is 12.8. The molecule has 0 aliphatic heterocycles. The van der Waals surface area contributed by atoms with E-state index in [4.69, 9.17) is 16.7 Å². The molecule has 0 aliphatic carbocycles. The molecule has 9 heteroatoms. The summed E-state index contributed by atoms with van der Waals surface area (Å²) >= 11 is 7.05. The SMILES string of the molecule is CC(C)C(NC(=O)Nc1c(Cl)ccc2nsnc12)C(=O)O. The van der Waals surface area contributed by atoms with Crippen LogP contribution < -0.4 is 10.6 Å². The van der Waals surface area contributed by atoms with E-state index in [1.807, 2.05) is 0 Å². The van der Waals surface area contributed by atoms with E-state index in [1.165, 1.54) is 0 Å². The summed E-state index contributed by atoms with van der Waals surface area (Å²) in [6.07, 6.45) is 0. The van der Waals surface area contributed by atoms with Gasteiger partial charge < -0.3 is 15.7 Å². The number of fused-ring (bicyclic) bond motifs is 1. The molecule has 1 aromatic carbocycles. The van der Waals surface area contributed by atoms with Gasteiger partial charge in [-0.2, -0.15) is 8.75 Å². The molecule has 2 amide bonds. The number of halogens is 1. The number of carboxylic acids is 1. The molecule has 1 heterocycles. The van der Waals surface area contributed by atoms with Crippen molar-refractivity contribution in [2.24, 2.45) is 5.92 Å². The highest BCUT2D eigenvalue weighted by molar-refractivity contribution is 7.00. The summed E-state index contributed by atoms with van der Waals surface area (Å²) in [7, 11) is 0. The van der Waals surface area contributed by atoms with Gasteiger partial charge in [-0.25, -0.2) is 9.59 Å². The van der Waals surface area contributed by atoms with Crippen LogP contribution >= 0.6 is 23.3 Å². The number of nitrogens with one attached hydrogen (secondary N) is 2. The molecular formula is C12H13ClN4O3S. The summed E-state index contributed by atoms with van der Waals surface area (Å²) in [4.78, 5) is 23.0. The van der Waals surface area contributed by atoms with Crippen molar-refractivity contribution in [1.29, 1.82) is 0 Å². The van der Waals surface area contributed by atoms with Gasteiger partial charge in [0.25, 0.3) is 0 Å². The average molecular weight is 329 g/mol. The Morgan fingerprint density at radius 1 is 1.33 bits per heavy atom. The van der Waals surface area contributed by atoms with Crippen molar-refractivity contribution in [3.8, 4) is 0 Å². The maximum Gasteiger partial charge on any atom is 0.326 e. The fourth-order valence-electron chi connectivity index (χ4n) is 1.75. The molecule has 21 heavy (non-hydrogen) atoms. The molecule has 0 fully saturated rings. The minimum absolute atomic E-state index is 0.250. The van der Waals surface area contributed by atoms with Crippen LogP contribution in [-0.4, -0.2) is 31.9 Å². The van der Waals surface area contributed by atoms with Crippen LogP contribution in [0.3, 0.4) is 0 Å². The standard InChI is InChI=1S/C12H13ClN4O3S/c1-5(2)8(11(18)19)14-12(20)15-9-6(13)3-4-7-10(9)17-21-16-7/h3-5,8H,1-2H3,(H,18,19)(H2,14,15,20). The number of benzene rings is 1. The van der Waals surface area contributed by atoms with Gasteiger partial charge in [-0.15, -0.1) is 0 Å². The summed E-state index contributed by atoms with van der Waals surface area (Å²) in [5, 5.41) is 14.3. The maximum atomic E-state index is 12.0. The maximum absolute atomic E-state index is 12.0. The van der Waals surface area contributed by atoms with E-state index in [2.05, 4.69) is 19.4 Å². The van der Waals surface area contributed by atoms with Crippen LogP contribution in [0, 0.1) is 5.92 Å². The first kappa shape index (κ1) is 15.5. The van der Waals surface area contributed by atoms with Crippen LogP contribution in [0.5, 0.6) is 0 Å². The quantitative estimate of drug-likeness (QED) is 0.800. The zero-order valence-electron chi connectivity index (χ0n) is 11.3. The Labute approximate surface area is 129 Å². The Morgan fingerprint density at radius 2 is 2.05 bits per heavy atom. The topological polar surface area (TPSA) is 104 Å². The van der Waals surface area contributed by atoms with E-state index in [1.54, 1.807) is 26.0 Å². The third kappa shape index (κ3) is 3.40. The number of nitrogens with zero attached hydrogens (tertiary/aromatic N) is 2. The summed E-state index contributed by atoms with van der Waals surface area (Å²) in [6.45, 7) is 3.41. The number of aromatic nitrogens is 2. The largest absolute Gasteiger partial charge is 0.480 e. The summed E-state index contributed by atoms with van der Waals surface area (Å²) in [6, 6.07) is 1.64. The molecule has 2 aromatic rings. The van der Waals surface area contributed by atoms with Gasteiger partial charge in [0.15, 0.2) is 0 Å². The normalized spacial score (nSPS) is 12.4. The number of hydrogen-bond acceptors (Lipinski definition) is 5. The highest BCUT2D eigenvalue weighted by Gasteiger charge is 2.24. The predicted molar refractivity (Wildman–Crippen MR) is 80.8 cm³/mol. The third-order valence-electron chi connectivity index (χ3n) is 2.83. The van der Waals surface area contributed by atoms with Gasteiger partial charge in [0, 0.05) is 0 Å². The number of rotatable bonds is 4. The van der Waals surface area contributed by atoms with Gasteiger partial charge in [0.05, 0.1) is 22.4 Å². The fourth-order valence-corrected chi connectivity index (χ4v) is 2.49. The number of amides is 2. The smallest absolute Gasteiger partial charge is 0.326 e. The molecule has 0 bridgehead atoms. The minimum atomic E-state index is -1.10. The Hall–Kier alpha value is -1.93. The monoisotopic (exact) mass is 328 g/mol. The van der Waals surface area contributed by atoms with Crippen LogP contribution in [0.2, 0.25) is 5.02 Å². The number of carboxylic acid groups (broad SMARTS) is 1. The zero-order chi connectivity index (χ0) is 15.6. The summed E-state index contributed by atoms with van der Waals surface area (Å²) < 4.78 is 8.12. The number of carbonyl (C=O) groups is 2. The molecule has 0 saturated carbocycles. The van der Waals surface area contributed by atoms with Crippen LogP contribution in [0.1, 0.15) is 13.8 Å². The lowest BCUT2D eigenvalue weighted by atomic mass is 10.1. The van der Waals surface area contributed by atoms with Gasteiger partial charge in [-0.05, 0) is 18.1 Å². The van der Waals surface area contributed by atoms with E-state index >= 15 is 0 Å². The van der Waals surface area contributed by atoms with E-state index in [0.29, 0.717) is 21.7 Å². The lowest BCUT2D eigenvalue weighted by molar-refractivity contribution is -0.140. The van der Waals surface area contributed by atoms with Crippen molar-refractivity contribution in [3.05, 3.63) is 17.2 Å². The lowest BCUT2D eigenvalue weighted by Crippen LogP contribution is -2.46. The van der Waals surface area contributed by atoms with Crippen LogP contribution in [-0.2, 0) is 4.79 Å². The Bertz CT molecular complexity index is 688. The van der Waals surface area contributed by atoms with E-state index < -0.39 is 18.0 Å². The Balaban J connectivity index is 2.20. The average Bonchev–Trinajstić information content (AvgIpc) is 2.87. The van der Waals surface area contributed by atoms with Crippen LogP contribution in [0.4, 0.5) is 10.5 Å². The van der Waals surface area contributed by atoms with E-state index in [9.17, 15) is 9.59 Å². The van der Waals surface area contributed by atoms with Crippen LogP contribution in [0.15, 0.2) is 12.1 Å². The van der Waals surface area contributed by atoms with Gasteiger partial charge in [0.1, 0.15) is 17.1 Å². The first-order chi connectivity index (χ1) is 9.90. The number of anilines is 1. The summed E-state index contributed by atoms with van der Waals surface area (Å²) in [5.74, 6) is -1.35. The molecule has 0 saturated heterocycles. The minimum Gasteiger partial charge on any atom is -0.480 e. The predicted octanol–water partition coefficient (Wildman–Crippen LogP) is 2.58. The molecule has 7 nitrogen and oxygen atoms in total. The van der Waals surface area contributed by atoms with Crippen molar-refractivity contribution < 1.29 is 14.7 Å². The Kier molecular flexibility index (Phi) is 4.59. The number of aliphatic carboxylic acids is 1. The highest BCUT2D eigenvalue weighted by atomic mass is 35.5. The molecule has 3 N–H and O–H groups in total. The van der Waals surface area contributed by atoms with Gasteiger partial charge in [0.2, 0.25) is 0 Å². The van der Waals surface area contributed by atoms with Crippen molar-refractivity contribution in [1.82, 2.24) is 14.1 Å². The molecule has 2 rings (SSSR count). The van der Waals surface area contributed by atoms with Gasteiger partial charge >= 0.3 is 12.0 Å². The second kappa shape index (κ2) is 6.23. The molecule has 112 valence electrons. The molecule has 0 aliphatic rings. The third-order valence-corrected chi connectivity index (χ3v) is 3.69. The Morgan fingerprint density at radius 3 is 2.67 bits per heavy atom. The van der Waals surface area contributed by atoms with E-state index in [0.717, 1.165) is 11.7 Å². The summed E-state index contributed by atoms with van der Waals surface area (Å²) in [5.41, 5.74) is 1.39. The second-order valence-corrected chi connectivity index (χ2v) is 5.65. The first-order valence-corrected chi connectivity index (χ1v) is 7.22. The molecular weight excluding hydrogens is 316 g/mol. The lowest BCUT2D eigenvalue weighted by Gasteiger charge is -2.18. The van der Waals surface area contributed by atoms with Crippen LogP contribution in [0.25, 0.3) is 11.0 Å². The molecule has 0 spiro atoms. The molecule has 0 radical (unpaired) electrons. The van der Waals surface area contributed by atoms with Gasteiger partial charge in [-0.3, -0.25) is 0 Å². The number of urea groups is 1. The van der Waals surface area contributed by atoms with Crippen molar-refractivity contribution in [2.75, 3.05) is 5.32 Å². The number of hydrogen-bond donors (Lipinski definition) is 3. The highest BCUT2D eigenvalue weighted by Crippen LogP contribution is 2.29. The van der Waals surface area contributed by atoms with Crippen molar-refractivity contribution in [3.63, 3.8) is 0 Å². The van der Waals surface area contributed by atoms with E-state index in [-0.39, 0.29) is 5.92 Å².